The summed E-state index contributed by atoms with van der Waals surface area (Å²) in [7, 11) is 0. The van der Waals surface area contributed by atoms with Gasteiger partial charge in [0.05, 0.1) is 0 Å². The van der Waals surface area contributed by atoms with E-state index in [2.05, 4.69) is 5.32 Å². The Hall–Kier alpha value is -1.35. The number of carbonyl (C=O) groups excluding carboxylic acids is 1. The molecule has 3 N–H and O–H groups in total. The van der Waals surface area contributed by atoms with E-state index < -0.39 is 0 Å². The maximum atomic E-state index is 11.2. The van der Waals surface area contributed by atoms with Gasteiger partial charge in [-0.1, -0.05) is 12.1 Å². The third-order valence-electron chi connectivity index (χ3n) is 2.34. The minimum atomic E-state index is 0.0197. The fourth-order valence-electron chi connectivity index (χ4n) is 1.54. The molecule has 3 heteroatoms. The second-order valence-corrected chi connectivity index (χ2v) is 3.39. The zero-order valence-corrected chi connectivity index (χ0v) is 7.50. The van der Waals surface area contributed by atoms with Crippen LogP contribution in [0.25, 0.3) is 0 Å². The molecule has 0 saturated heterocycles. The topological polar surface area (TPSA) is 55.1 Å². The Morgan fingerprint density at radius 3 is 3.00 bits per heavy atom. The van der Waals surface area contributed by atoms with Crippen molar-refractivity contribution in [3.8, 4) is 0 Å². The molecule has 1 heterocycles. The van der Waals surface area contributed by atoms with E-state index >= 15 is 0 Å². The first-order chi connectivity index (χ1) is 6.18. The average Bonchev–Trinajstić information content (AvgIpc) is 2.47. The maximum Gasteiger partial charge on any atom is 0.251 e. The molecule has 1 atom stereocenters. The van der Waals surface area contributed by atoms with E-state index in [9.17, 15) is 4.79 Å². The molecular weight excluding hydrogens is 164 g/mol. The highest BCUT2D eigenvalue weighted by Gasteiger charge is 2.18. The highest BCUT2D eigenvalue weighted by atomic mass is 16.1. The normalized spacial score (nSPS) is 16.6. The largest absolute Gasteiger partial charge is 0.348 e. The van der Waals surface area contributed by atoms with E-state index in [0.29, 0.717) is 6.54 Å². The zero-order chi connectivity index (χ0) is 9.42. The summed E-state index contributed by atoms with van der Waals surface area (Å²) in [6, 6.07) is 5.78. The van der Waals surface area contributed by atoms with E-state index in [0.717, 1.165) is 16.7 Å². The summed E-state index contributed by atoms with van der Waals surface area (Å²) in [5.41, 5.74) is 8.65. The van der Waals surface area contributed by atoms with E-state index in [1.807, 2.05) is 25.1 Å². The number of hydrogen-bond acceptors (Lipinski definition) is 2. The van der Waals surface area contributed by atoms with Gasteiger partial charge in [0.15, 0.2) is 0 Å². The van der Waals surface area contributed by atoms with Crippen molar-refractivity contribution in [2.24, 2.45) is 5.73 Å². The molecule has 0 bridgehead atoms. The molecular formula is C10H12N2O. The highest BCUT2D eigenvalue weighted by Crippen LogP contribution is 2.19. The van der Waals surface area contributed by atoms with Crippen LogP contribution in [0.15, 0.2) is 18.2 Å². The molecule has 1 aliphatic heterocycles. The van der Waals surface area contributed by atoms with Gasteiger partial charge in [0.25, 0.3) is 5.91 Å². The van der Waals surface area contributed by atoms with Crippen LogP contribution in [0.3, 0.4) is 0 Å². The lowest BCUT2D eigenvalue weighted by Gasteiger charge is -2.06. The number of nitrogens with two attached hydrogens (primary N) is 1. The van der Waals surface area contributed by atoms with Gasteiger partial charge >= 0.3 is 0 Å². The summed E-state index contributed by atoms with van der Waals surface area (Å²) < 4.78 is 0. The predicted molar refractivity (Wildman–Crippen MR) is 50.2 cm³/mol. The lowest BCUT2D eigenvalue weighted by atomic mass is 10.0. The predicted octanol–water partition coefficient (Wildman–Crippen LogP) is 0.950. The van der Waals surface area contributed by atoms with Gasteiger partial charge < -0.3 is 11.1 Å². The lowest BCUT2D eigenvalue weighted by Crippen LogP contribution is -2.12. The van der Waals surface area contributed by atoms with E-state index in [-0.39, 0.29) is 11.9 Å². The molecule has 1 aromatic rings. The summed E-state index contributed by atoms with van der Waals surface area (Å²) in [6.07, 6.45) is 0. The number of benzene rings is 1. The molecule has 0 aliphatic carbocycles. The monoisotopic (exact) mass is 176 g/mol. The quantitative estimate of drug-likeness (QED) is 0.669. The Morgan fingerprint density at radius 1 is 1.54 bits per heavy atom. The number of rotatable bonds is 1. The number of amides is 1. The summed E-state index contributed by atoms with van der Waals surface area (Å²) in [5, 5.41) is 2.77. The Kier molecular flexibility index (Phi) is 1.81. The average molecular weight is 176 g/mol. The highest BCUT2D eigenvalue weighted by molar-refractivity contribution is 5.98. The van der Waals surface area contributed by atoms with Crippen LogP contribution in [0.1, 0.15) is 34.5 Å². The molecule has 0 spiro atoms. The molecule has 1 aliphatic rings. The first-order valence-electron chi connectivity index (χ1n) is 4.35. The molecule has 0 radical (unpaired) electrons. The van der Waals surface area contributed by atoms with Gasteiger partial charge in [0, 0.05) is 18.2 Å². The molecule has 0 aromatic heterocycles. The van der Waals surface area contributed by atoms with Crippen LogP contribution in [0.2, 0.25) is 0 Å². The number of hydrogen-bond donors (Lipinski definition) is 2. The standard InChI is InChI=1S/C10H12N2O/c1-6(11)7-2-3-9-8(4-7)5-12-10(9)13/h2-4,6H,5,11H2,1H3,(H,12,13). The van der Waals surface area contributed by atoms with Crippen molar-refractivity contribution in [3.63, 3.8) is 0 Å². The Bertz CT molecular complexity index is 358. The zero-order valence-electron chi connectivity index (χ0n) is 7.50. The second kappa shape index (κ2) is 2.85. The van der Waals surface area contributed by atoms with Gasteiger partial charge in [-0.25, -0.2) is 0 Å². The summed E-state index contributed by atoms with van der Waals surface area (Å²) in [4.78, 5) is 11.2. The van der Waals surface area contributed by atoms with Crippen molar-refractivity contribution in [3.05, 3.63) is 34.9 Å². The van der Waals surface area contributed by atoms with Crippen molar-refractivity contribution >= 4 is 5.91 Å². The van der Waals surface area contributed by atoms with Gasteiger partial charge in [-0.05, 0) is 24.1 Å². The maximum absolute atomic E-state index is 11.2. The first kappa shape index (κ1) is 8.26. The van der Waals surface area contributed by atoms with Crippen molar-refractivity contribution in [1.82, 2.24) is 5.32 Å². The molecule has 2 rings (SSSR count). The van der Waals surface area contributed by atoms with Crippen LogP contribution in [0, 0.1) is 0 Å². The second-order valence-electron chi connectivity index (χ2n) is 3.39. The van der Waals surface area contributed by atoms with Crippen LogP contribution < -0.4 is 11.1 Å². The van der Waals surface area contributed by atoms with Crippen LogP contribution in [-0.2, 0) is 6.54 Å². The minimum Gasteiger partial charge on any atom is -0.348 e. The van der Waals surface area contributed by atoms with Gasteiger partial charge in [-0.3, -0.25) is 4.79 Å². The SMILES string of the molecule is CC(N)c1ccc2c(c1)CNC2=O. The molecule has 1 amide bonds. The van der Waals surface area contributed by atoms with E-state index in [1.54, 1.807) is 0 Å². The van der Waals surface area contributed by atoms with Crippen molar-refractivity contribution in [2.75, 3.05) is 0 Å². The summed E-state index contributed by atoms with van der Waals surface area (Å²) >= 11 is 0. The molecule has 1 aromatic carbocycles. The number of nitrogens with one attached hydrogen (secondary N) is 1. The van der Waals surface area contributed by atoms with Crippen LogP contribution >= 0.6 is 0 Å². The van der Waals surface area contributed by atoms with Crippen LogP contribution in [0.4, 0.5) is 0 Å². The number of fused-ring (bicyclic) bond motifs is 1. The summed E-state index contributed by atoms with van der Waals surface area (Å²) in [5.74, 6) is 0.0197. The molecule has 0 saturated carbocycles. The smallest absolute Gasteiger partial charge is 0.251 e. The van der Waals surface area contributed by atoms with Crippen LogP contribution in [-0.4, -0.2) is 5.91 Å². The van der Waals surface area contributed by atoms with Gasteiger partial charge in [0.2, 0.25) is 0 Å². The number of carbonyl (C=O) groups is 1. The minimum absolute atomic E-state index is 0.0197. The van der Waals surface area contributed by atoms with Crippen molar-refractivity contribution < 1.29 is 4.79 Å². The Morgan fingerprint density at radius 2 is 2.31 bits per heavy atom. The van der Waals surface area contributed by atoms with E-state index in [4.69, 9.17) is 5.73 Å². The summed E-state index contributed by atoms with van der Waals surface area (Å²) in [6.45, 7) is 2.57. The van der Waals surface area contributed by atoms with Crippen molar-refractivity contribution in [2.45, 2.75) is 19.5 Å². The van der Waals surface area contributed by atoms with Crippen LogP contribution in [0.5, 0.6) is 0 Å². The Balaban J connectivity index is 2.45. The van der Waals surface area contributed by atoms with Gasteiger partial charge in [-0.2, -0.15) is 0 Å². The fourth-order valence-corrected chi connectivity index (χ4v) is 1.54. The van der Waals surface area contributed by atoms with Gasteiger partial charge in [0.1, 0.15) is 0 Å². The third-order valence-corrected chi connectivity index (χ3v) is 2.34. The fraction of sp³-hybridized carbons (Fsp3) is 0.300. The van der Waals surface area contributed by atoms with Gasteiger partial charge in [-0.15, -0.1) is 0 Å². The van der Waals surface area contributed by atoms with E-state index in [1.165, 1.54) is 0 Å². The first-order valence-corrected chi connectivity index (χ1v) is 4.35. The Labute approximate surface area is 76.9 Å². The molecule has 68 valence electrons. The molecule has 0 fully saturated rings. The van der Waals surface area contributed by atoms with Crippen molar-refractivity contribution in [1.29, 1.82) is 0 Å². The third kappa shape index (κ3) is 1.31. The lowest BCUT2D eigenvalue weighted by molar-refractivity contribution is 0.0966. The molecule has 3 nitrogen and oxygen atoms in total. The molecule has 13 heavy (non-hydrogen) atoms. The molecule has 1 unspecified atom stereocenters.